The number of carboxylic acids is 1. The van der Waals surface area contributed by atoms with Crippen LogP contribution in [-0.4, -0.2) is 81.1 Å². The first-order chi connectivity index (χ1) is 17.6. The number of carboxylic acid groups (broad SMARTS) is 1. The van der Waals surface area contributed by atoms with E-state index < -0.39 is 53.8 Å². The molecule has 12 nitrogen and oxygen atoms in total. The van der Waals surface area contributed by atoms with Crippen molar-refractivity contribution in [2.45, 2.75) is 56.3 Å². The van der Waals surface area contributed by atoms with E-state index in [0.29, 0.717) is 12.8 Å². The van der Waals surface area contributed by atoms with Crippen molar-refractivity contribution in [3.05, 3.63) is 36.0 Å². The molecule has 3 rings (SSSR count). The molecule has 1 aliphatic rings. The maximum atomic E-state index is 13.5. The van der Waals surface area contributed by atoms with Crippen LogP contribution in [0.1, 0.15) is 31.2 Å². The minimum atomic E-state index is -1.12. The number of hydrogen-bond donors (Lipinski definition) is 7. The minimum absolute atomic E-state index is 0.00921. The summed E-state index contributed by atoms with van der Waals surface area (Å²) in [6, 6.07) is 3.23. The molecule has 4 amide bonds. The number of aliphatic carboxylic acids is 1. The number of thiol groups is 1. The van der Waals surface area contributed by atoms with Gasteiger partial charge in [0.25, 0.3) is 0 Å². The Bertz CT molecular complexity index is 1170. The molecule has 2 aromatic rings. The van der Waals surface area contributed by atoms with Gasteiger partial charge in [-0.05, 0) is 30.9 Å². The molecule has 0 spiro atoms. The third-order valence-corrected chi connectivity index (χ3v) is 6.75. The van der Waals surface area contributed by atoms with E-state index in [1.54, 1.807) is 6.20 Å². The van der Waals surface area contributed by atoms with Gasteiger partial charge in [-0.2, -0.15) is 12.6 Å². The smallest absolute Gasteiger partial charge is 0.326 e. The lowest BCUT2D eigenvalue weighted by Gasteiger charge is -2.28. The van der Waals surface area contributed by atoms with Crippen LogP contribution in [0.2, 0.25) is 0 Å². The molecule has 1 aromatic carbocycles. The number of nitrogens with zero attached hydrogens (tertiary/aromatic N) is 1. The van der Waals surface area contributed by atoms with Gasteiger partial charge in [-0.25, -0.2) is 4.79 Å². The van der Waals surface area contributed by atoms with Gasteiger partial charge < -0.3 is 37.1 Å². The molecule has 0 aliphatic carbocycles. The monoisotopic (exact) mass is 532 g/mol. The normalized spacial score (nSPS) is 17.7. The van der Waals surface area contributed by atoms with Crippen LogP contribution in [0.4, 0.5) is 0 Å². The summed E-state index contributed by atoms with van der Waals surface area (Å²) in [6.07, 6.45) is 2.62. The highest BCUT2D eigenvalue weighted by atomic mass is 32.1. The molecule has 37 heavy (non-hydrogen) atoms. The molecule has 0 saturated carbocycles. The van der Waals surface area contributed by atoms with E-state index in [4.69, 9.17) is 11.5 Å². The summed E-state index contributed by atoms with van der Waals surface area (Å²) < 4.78 is 0. The van der Waals surface area contributed by atoms with Crippen molar-refractivity contribution in [3.8, 4) is 0 Å². The second kappa shape index (κ2) is 12.6. The fourth-order valence-electron chi connectivity index (χ4n) is 4.38. The van der Waals surface area contributed by atoms with Gasteiger partial charge in [0, 0.05) is 42.2 Å². The number of nitrogens with two attached hydrogens (primary N) is 2. The lowest BCUT2D eigenvalue weighted by molar-refractivity contribution is -0.149. The van der Waals surface area contributed by atoms with E-state index >= 15 is 0 Å². The predicted octanol–water partition coefficient (Wildman–Crippen LogP) is -0.722. The van der Waals surface area contributed by atoms with Crippen LogP contribution < -0.4 is 22.1 Å². The number of likely N-dealkylation sites (tertiary alicyclic amines) is 1. The zero-order valence-electron chi connectivity index (χ0n) is 20.2. The summed E-state index contributed by atoms with van der Waals surface area (Å²) in [5.41, 5.74) is 12.5. The summed E-state index contributed by atoms with van der Waals surface area (Å²) in [4.78, 5) is 66.2. The van der Waals surface area contributed by atoms with Crippen molar-refractivity contribution in [1.82, 2.24) is 20.5 Å². The highest BCUT2D eigenvalue weighted by Gasteiger charge is 2.38. The number of aromatic nitrogens is 1. The first kappa shape index (κ1) is 28.0. The van der Waals surface area contributed by atoms with E-state index in [9.17, 15) is 29.1 Å². The molecular formula is C24H32N6O6S. The Kier molecular flexibility index (Phi) is 9.53. The SMILES string of the molecule is NC(=O)CCC(N)C(=O)NC(CS)C(=O)NC(Cc1c[nH]c2ccccc12)C(=O)N1CCCC1C(=O)O. The quantitative estimate of drug-likeness (QED) is 0.175. The van der Waals surface area contributed by atoms with E-state index in [1.165, 1.54) is 4.90 Å². The van der Waals surface area contributed by atoms with Crippen molar-refractivity contribution in [2.75, 3.05) is 12.3 Å². The maximum absolute atomic E-state index is 13.5. The number of H-pyrrole nitrogens is 1. The van der Waals surface area contributed by atoms with Gasteiger partial charge in [0.15, 0.2) is 0 Å². The van der Waals surface area contributed by atoms with Gasteiger partial charge >= 0.3 is 5.97 Å². The number of fused-ring (bicyclic) bond motifs is 1. The summed E-state index contributed by atoms with van der Waals surface area (Å²) in [7, 11) is 0. The fourth-order valence-corrected chi connectivity index (χ4v) is 4.64. The largest absolute Gasteiger partial charge is 0.480 e. The molecule has 4 unspecified atom stereocenters. The van der Waals surface area contributed by atoms with Crippen molar-refractivity contribution < 1.29 is 29.1 Å². The topological polar surface area (TPSA) is 201 Å². The van der Waals surface area contributed by atoms with Crippen LogP contribution in [0.3, 0.4) is 0 Å². The highest BCUT2D eigenvalue weighted by molar-refractivity contribution is 7.80. The number of aromatic amines is 1. The van der Waals surface area contributed by atoms with Crippen molar-refractivity contribution in [2.24, 2.45) is 11.5 Å². The Morgan fingerprint density at radius 1 is 1.14 bits per heavy atom. The molecule has 13 heteroatoms. The average molecular weight is 533 g/mol. The standard InChI is InChI=1S/C24H32N6O6S/c25-15(7-8-20(26)31)21(32)29-18(12-37)22(33)28-17(23(34)30-9-3-6-19(30)24(35)36)10-13-11-27-16-5-2-1-4-14(13)16/h1-2,4-5,11,15,17-19,27,37H,3,6-10,12,25H2,(H2,26,31)(H,28,33)(H,29,32)(H,35,36). The number of primary amides is 1. The highest BCUT2D eigenvalue weighted by Crippen LogP contribution is 2.23. The molecule has 4 atom stereocenters. The van der Waals surface area contributed by atoms with Gasteiger partial charge in [-0.1, -0.05) is 18.2 Å². The zero-order valence-corrected chi connectivity index (χ0v) is 21.1. The second-order valence-electron chi connectivity index (χ2n) is 9.01. The van der Waals surface area contributed by atoms with Crippen LogP contribution in [0.5, 0.6) is 0 Å². The summed E-state index contributed by atoms with van der Waals surface area (Å²) in [5, 5.41) is 15.6. The molecule has 2 heterocycles. The Balaban J connectivity index is 1.79. The first-order valence-corrected chi connectivity index (χ1v) is 12.6. The molecule has 200 valence electrons. The maximum Gasteiger partial charge on any atom is 0.326 e. The third kappa shape index (κ3) is 7.01. The van der Waals surface area contributed by atoms with Gasteiger partial charge in [0.2, 0.25) is 23.6 Å². The van der Waals surface area contributed by atoms with Gasteiger partial charge in [0.1, 0.15) is 18.1 Å². The van der Waals surface area contributed by atoms with Gasteiger partial charge in [-0.3, -0.25) is 19.2 Å². The Labute approximate surface area is 218 Å². The van der Waals surface area contributed by atoms with Gasteiger partial charge in [0.05, 0.1) is 6.04 Å². The van der Waals surface area contributed by atoms with Gasteiger partial charge in [-0.15, -0.1) is 0 Å². The minimum Gasteiger partial charge on any atom is -0.480 e. The molecule has 8 N–H and O–H groups in total. The van der Waals surface area contributed by atoms with Crippen molar-refractivity contribution in [1.29, 1.82) is 0 Å². The summed E-state index contributed by atoms with van der Waals surface area (Å²) >= 11 is 4.15. The lowest BCUT2D eigenvalue weighted by atomic mass is 10.0. The van der Waals surface area contributed by atoms with E-state index in [2.05, 4.69) is 28.2 Å². The number of carbonyl (C=O) groups is 5. The summed E-state index contributed by atoms with van der Waals surface area (Å²) in [5.74, 6) is -3.66. The van der Waals surface area contributed by atoms with Crippen LogP contribution in [0.25, 0.3) is 10.9 Å². The molecule has 1 aliphatic heterocycles. The summed E-state index contributed by atoms with van der Waals surface area (Å²) in [6.45, 7) is 0.261. The molecule has 0 bridgehead atoms. The number of nitrogens with one attached hydrogen (secondary N) is 3. The number of hydrogen-bond acceptors (Lipinski definition) is 7. The average Bonchev–Trinajstić information content (AvgIpc) is 3.52. The zero-order chi connectivity index (χ0) is 27.1. The molecule has 1 aromatic heterocycles. The molecular weight excluding hydrogens is 500 g/mol. The number of rotatable bonds is 12. The van der Waals surface area contributed by atoms with E-state index in [1.807, 2.05) is 24.3 Å². The predicted molar refractivity (Wildman–Crippen MR) is 138 cm³/mol. The van der Waals surface area contributed by atoms with Crippen LogP contribution >= 0.6 is 12.6 Å². The van der Waals surface area contributed by atoms with Crippen LogP contribution in [-0.2, 0) is 30.4 Å². The molecule has 1 saturated heterocycles. The van der Waals surface area contributed by atoms with Crippen molar-refractivity contribution in [3.63, 3.8) is 0 Å². The molecule has 1 fully saturated rings. The van der Waals surface area contributed by atoms with E-state index in [-0.39, 0.29) is 31.6 Å². The Hall–Kier alpha value is -3.58. The number of para-hydroxylation sites is 1. The molecule has 0 radical (unpaired) electrons. The fraction of sp³-hybridized carbons (Fsp3) is 0.458. The first-order valence-electron chi connectivity index (χ1n) is 12.0. The number of amides is 4. The van der Waals surface area contributed by atoms with Crippen molar-refractivity contribution >= 4 is 53.1 Å². The van der Waals surface area contributed by atoms with Crippen LogP contribution in [0, 0.1) is 0 Å². The second-order valence-corrected chi connectivity index (χ2v) is 9.37. The number of carbonyl (C=O) groups excluding carboxylic acids is 4. The Morgan fingerprint density at radius 2 is 1.84 bits per heavy atom. The van der Waals surface area contributed by atoms with Crippen LogP contribution in [0.15, 0.2) is 30.5 Å². The Morgan fingerprint density at radius 3 is 2.51 bits per heavy atom. The van der Waals surface area contributed by atoms with E-state index in [0.717, 1.165) is 16.5 Å². The third-order valence-electron chi connectivity index (χ3n) is 6.39. The lowest BCUT2D eigenvalue weighted by Crippen LogP contribution is -2.58. The number of benzene rings is 1.